The van der Waals surface area contributed by atoms with Crippen molar-refractivity contribution >= 4 is 23.5 Å². The maximum absolute atomic E-state index is 12.2. The molecule has 0 saturated heterocycles. The third-order valence-electron chi connectivity index (χ3n) is 2.29. The molecule has 0 bridgehead atoms. The second-order valence-corrected chi connectivity index (χ2v) is 3.65. The monoisotopic (exact) mass is 289 g/mol. The van der Waals surface area contributed by atoms with Crippen molar-refractivity contribution in [3.63, 3.8) is 0 Å². The maximum Gasteiger partial charge on any atom is 0.471 e. The van der Waals surface area contributed by atoms with E-state index in [1.807, 2.05) is 0 Å². The molecule has 2 rings (SSSR count). The number of fused-ring (bicyclic) bond motifs is 1. The Bertz CT molecular complexity index is 709. The number of aromatic carboxylic acids is 1. The summed E-state index contributed by atoms with van der Waals surface area (Å²) in [6.07, 6.45) is -4.27. The predicted octanol–water partition coefficient (Wildman–Crippen LogP) is 0.632. The zero-order valence-corrected chi connectivity index (χ0v) is 9.76. The minimum absolute atomic E-state index is 0.0282. The fraction of sp³-hybridized carbons (Fsp3) is 0.222. The number of nitrogens with one attached hydrogen (secondary N) is 1. The van der Waals surface area contributed by atoms with Gasteiger partial charge in [0, 0.05) is 0 Å². The van der Waals surface area contributed by atoms with Crippen molar-refractivity contribution in [3.05, 3.63) is 17.6 Å². The molecule has 0 aliphatic carbocycles. The van der Waals surface area contributed by atoms with Crippen molar-refractivity contribution < 1.29 is 27.9 Å². The lowest BCUT2D eigenvalue weighted by atomic mass is 10.2. The molecule has 0 fully saturated rings. The lowest BCUT2D eigenvalue weighted by Crippen LogP contribution is -2.31. The van der Waals surface area contributed by atoms with Gasteiger partial charge in [-0.2, -0.15) is 22.8 Å². The van der Waals surface area contributed by atoms with E-state index in [4.69, 9.17) is 5.11 Å². The Labute approximate surface area is 108 Å². The first kappa shape index (κ1) is 13.7. The number of carboxylic acids is 1. The lowest BCUT2D eigenvalue weighted by Gasteiger charge is -2.07. The maximum atomic E-state index is 12.2. The Hall–Kier alpha value is -2.72. The van der Waals surface area contributed by atoms with Crippen molar-refractivity contribution in [2.75, 3.05) is 5.32 Å². The molecule has 2 aromatic rings. The second-order valence-electron chi connectivity index (χ2n) is 3.65. The zero-order chi connectivity index (χ0) is 15.1. The topological polar surface area (TPSA) is 109 Å². The van der Waals surface area contributed by atoms with E-state index < -0.39 is 24.0 Å². The number of aromatic nitrogens is 4. The van der Waals surface area contributed by atoms with Gasteiger partial charge in [-0.15, -0.1) is 0 Å². The molecule has 20 heavy (non-hydrogen) atoms. The number of alkyl halides is 3. The molecule has 2 N–H and O–H groups in total. The molecular weight excluding hydrogens is 283 g/mol. The number of carbonyl (C=O) groups is 2. The van der Waals surface area contributed by atoms with Crippen molar-refractivity contribution in [2.24, 2.45) is 0 Å². The molecule has 106 valence electrons. The van der Waals surface area contributed by atoms with Crippen LogP contribution in [0.3, 0.4) is 0 Å². The van der Waals surface area contributed by atoms with Gasteiger partial charge in [0.2, 0.25) is 5.95 Å². The van der Waals surface area contributed by atoms with Gasteiger partial charge in [-0.3, -0.25) is 10.1 Å². The fourth-order valence-electron chi connectivity index (χ4n) is 1.48. The number of amides is 1. The molecule has 2 aromatic heterocycles. The molecule has 11 heteroatoms. The lowest BCUT2D eigenvalue weighted by molar-refractivity contribution is -0.167. The van der Waals surface area contributed by atoms with Crippen LogP contribution in [0.2, 0.25) is 0 Å². The number of nitrogens with zero attached hydrogens (tertiary/aromatic N) is 4. The summed E-state index contributed by atoms with van der Waals surface area (Å²) < 4.78 is 37.2. The predicted molar refractivity (Wildman–Crippen MR) is 57.2 cm³/mol. The van der Waals surface area contributed by atoms with Crippen LogP contribution >= 0.6 is 0 Å². The summed E-state index contributed by atoms with van der Waals surface area (Å²) in [5.74, 6) is -4.17. The van der Waals surface area contributed by atoms with Gasteiger partial charge in [0.1, 0.15) is 11.9 Å². The van der Waals surface area contributed by atoms with E-state index in [0.29, 0.717) is 0 Å². The number of hydrogen-bond donors (Lipinski definition) is 2. The average Bonchev–Trinajstić information content (AvgIpc) is 2.65. The highest BCUT2D eigenvalue weighted by molar-refractivity contribution is 5.97. The molecule has 8 nitrogen and oxygen atoms in total. The van der Waals surface area contributed by atoms with E-state index in [-0.39, 0.29) is 16.9 Å². The smallest absolute Gasteiger partial charge is 0.471 e. The van der Waals surface area contributed by atoms with E-state index in [0.717, 1.165) is 10.8 Å². The highest BCUT2D eigenvalue weighted by Crippen LogP contribution is 2.19. The number of rotatable bonds is 2. The quantitative estimate of drug-likeness (QED) is 0.839. The number of halogens is 3. The van der Waals surface area contributed by atoms with Crippen LogP contribution in [0.15, 0.2) is 6.33 Å². The molecular formula is C9H6F3N5O3. The molecule has 0 spiro atoms. The van der Waals surface area contributed by atoms with Gasteiger partial charge < -0.3 is 5.11 Å². The summed E-state index contributed by atoms with van der Waals surface area (Å²) in [4.78, 5) is 28.9. The van der Waals surface area contributed by atoms with E-state index in [2.05, 4.69) is 15.1 Å². The molecule has 0 atom stereocenters. The van der Waals surface area contributed by atoms with Crippen molar-refractivity contribution in [2.45, 2.75) is 13.1 Å². The van der Waals surface area contributed by atoms with Crippen molar-refractivity contribution in [3.8, 4) is 0 Å². The van der Waals surface area contributed by atoms with Crippen LogP contribution in [-0.2, 0) is 4.79 Å². The summed E-state index contributed by atoms with van der Waals surface area (Å²) >= 11 is 0. The van der Waals surface area contributed by atoms with Crippen molar-refractivity contribution in [1.29, 1.82) is 0 Å². The molecule has 0 aliphatic rings. The Morgan fingerprint density at radius 1 is 1.35 bits per heavy atom. The number of aryl methyl sites for hydroxylation is 1. The van der Waals surface area contributed by atoms with Gasteiger partial charge in [0.15, 0.2) is 5.65 Å². The molecule has 0 unspecified atom stereocenters. The number of hydrogen-bond acceptors (Lipinski definition) is 5. The van der Waals surface area contributed by atoms with Crippen LogP contribution in [0, 0.1) is 6.92 Å². The normalized spacial score (nSPS) is 11.6. The molecule has 0 saturated carbocycles. The summed E-state index contributed by atoms with van der Waals surface area (Å²) in [5, 5.41) is 14.2. The van der Waals surface area contributed by atoms with E-state index in [1.165, 1.54) is 12.2 Å². The summed E-state index contributed by atoms with van der Waals surface area (Å²) in [7, 11) is 0. The highest BCUT2D eigenvalue weighted by atomic mass is 19.4. The van der Waals surface area contributed by atoms with Crippen LogP contribution in [0.25, 0.3) is 5.65 Å². The minimum Gasteiger partial charge on any atom is -0.477 e. The van der Waals surface area contributed by atoms with Gasteiger partial charge in [0.05, 0.1) is 5.69 Å². The molecule has 0 aliphatic heterocycles. The largest absolute Gasteiger partial charge is 0.477 e. The number of carboxylic acid groups (broad SMARTS) is 1. The molecule has 0 aromatic carbocycles. The van der Waals surface area contributed by atoms with Crippen LogP contribution in [0.5, 0.6) is 0 Å². The van der Waals surface area contributed by atoms with Gasteiger partial charge in [-0.05, 0) is 6.92 Å². The average molecular weight is 289 g/mol. The Morgan fingerprint density at radius 2 is 2.00 bits per heavy atom. The van der Waals surface area contributed by atoms with Gasteiger partial charge in [0.25, 0.3) is 0 Å². The Balaban J connectivity index is 2.54. The standard InChI is InChI=1S/C9H6F3N5O3/c1-3-4(6(18)19)5-13-2-14-8(17(5)16-3)15-7(20)9(10,11)12/h2H,1H3,(H,18,19)(H,13,14,15,20). The Morgan fingerprint density at radius 3 is 2.55 bits per heavy atom. The van der Waals surface area contributed by atoms with E-state index >= 15 is 0 Å². The zero-order valence-electron chi connectivity index (χ0n) is 9.76. The van der Waals surface area contributed by atoms with Gasteiger partial charge >= 0.3 is 18.1 Å². The third-order valence-corrected chi connectivity index (χ3v) is 2.29. The summed E-state index contributed by atoms with van der Waals surface area (Å²) in [6.45, 7) is 1.34. The number of carbonyl (C=O) groups excluding carboxylic acids is 1. The molecule has 2 heterocycles. The van der Waals surface area contributed by atoms with E-state index in [9.17, 15) is 22.8 Å². The van der Waals surface area contributed by atoms with Crippen LogP contribution in [0.4, 0.5) is 19.1 Å². The fourth-order valence-corrected chi connectivity index (χ4v) is 1.48. The minimum atomic E-state index is -5.10. The first-order valence-electron chi connectivity index (χ1n) is 5.03. The summed E-state index contributed by atoms with van der Waals surface area (Å²) in [6, 6.07) is 0. The van der Waals surface area contributed by atoms with Crippen LogP contribution in [-0.4, -0.2) is 42.7 Å². The first-order valence-corrected chi connectivity index (χ1v) is 5.03. The van der Waals surface area contributed by atoms with Crippen LogP contribution < -0.4 is 5.32 Å². The van der Waals surface area contributed by atoms with Crippen molar-refractivity contribution in [1.82, 2.24) is 19.6 Å². The summed E-state index contributed by atoms with van der Waals surface area (Å²) in [5.41, 5.74) is -0.474. The third kappa shape index (κ3) is 2.24. The van der Waals surface area contributed by atoms with Crippen LogP contribution in [0.1, 0.15) is 16.1 Å². The SMILES string of the molecule is Cc1nn2c(NC(=O)C(F)(F)F)ncnc2c1C(=O)O. The molecule has 0 radical (unpaired) electrons. The van der Waals surface area contributed by atoms with Gasteiger partial charge in [-0.1, -0.05) is 0 Å². The highest BCUT2D eigenvalue weighted by Gasteiger charge is 2.39. The first-order chi connectivity index (χ1) is 9.21. The van der Waals surface area contributed by atoms with Gasteiger partial charge in [-0.25, -0.2) is 14.8 Å². The second kappa shape index (κ2) is 4.43. The van der Waals surface area contributed by atoms with E-state index in [1.54, 1.807) is 0 Å². The number of anilines is 1. The molecule has 1 amide bonds. The Kier molecular flexibility index (Phi) is 3.04.